The summed E-state index contributed by atoms with van der Waals surface area (Å²) >= 11 is 0. The maximum atomic E-state index is 10.9. The van der Waals surface area contributed by atoms with Gasteiger partial charge in [0.15, 0.2) is 0 Å². The average Bonchev–Trinajstić information content (AvgIpc) is 2.51. The van der Waals surface area contributed by atoms with Crippen LogP contribution >= 0.6 is 0 Å². The number of aliphatic hydroxyl groups excluding tert-OH is 1. The van der Waals surface area contributed by atoms with Gasteiger partial charge in [0.2, 0.25) is 0 Å². The molecule has 4 heteroatoms. The summed E-state index contributed by atoms with van der Waals surface area (Å²) in [4.78, 5) is 10.9. The summed E-state index contributed by atoms with van der Waals surface area (Å²) in [6.07, 6.45) is -0.0904. The Labute approximate surface area is 124 Å². The molecule has 0 aromatic heterocycles. The minimum absolute atomic E-state index is 0.294. The van der Waals surface area contributed by atoms with Crippen LogP contribution in [0.5, 0.6) is 0 Å². The Hall–Kier alpha value is -1.91. The second-order valence-electron chi connectivity index (χ2n) is 5.29. The molecule has 21 heavy (non-hydrogen) atoms. The van der Waals surface area contributed by atoms with E-state index < -0.39 is 18.1 Å². The van der Waals surface area contributed by atoms with Crippen molar-refractivity contribution in [2.75, 3.05) is 0 Å². The van der Waals surface area contributed by atoms with Crippen LogP contribution in [0.4, 0.5) is 0 Å². The molecular weight excluding hydrogens is 266 g/mol. The quantitative estimate of drug-likeness (QED) is 0.764. The molecule has 4 nitrogen and oxygen atoms in total. The monoisotopic (exact) mass is 287 g/mol. The van der Waals surface area contributed by atoms with Crippen LogP contribution in [0.3, 0.4) is 0 Å². The largest absolute Gasteiger partial charge is 0.480 e. The van der Waals surface area contributed by atoms with E-state index >= 15 is 0 Å². The Bertz CT molecular complexity index is 626. The number of carboxylic acids is 1. The normalized spacial score (nSPS) is 15.6. The van der Waals surface area contributed by atoms with Gasteiger partial charge in [0.05, 0.1) is 6.10 Å². The average molecular weight is 287 g/mol. The zero-order chi connectivity index (χ0) is 15.4. The maximum Gasteiger partial charge on any atom is 0.320 e. The minimum Gasteiger partial charge on any atom is -0.480 e. The third kappa shape index (κ3) is 3.60. The SMILES string of the molecule is CCC(NC(C)C(=O)O)C(O)c1ccc2ccccc2c1. The first-order valence-electron chi connectivity index (χ1n) is 7.18. The summed E-state index contributed by atoms with van der Waals surface area (Å²) in [6.45, 7) is 3.51. The molecule has 0 heterocycles. The molecule has 2 aromatic carbocycles. The van der Waals surface area contributed by atoms with Gasteiger partial charge in [0, 0.05) is 6.04 Å². The highest BCUT2D eigenvalue weighted by Gasteiger charge is 2.23. The first-order valence-corrected chi connectivity index (χ1v) is 7.18. The summed E-state index contributed by atoms with van der Waals surface area (Å²) in [7, 11) is 0. The van der Waals surface area contributed by atoms with Crippen molar-refractivity contribution in [3.63, 3.8) is 0 Å². The van der Waals surface area contributed by atoms with Crippen LogP contribution in [0, 0.1) is 0 Å². The summed E-state index contributed by atoms with van der Waals surface area (Å²) in [5.74, 6) is -0.917. The highest BCUT2D eigenvalue weighted by atomic mass is 16.4. The molecule has 0 fully saturated rings. The number of hydrogen-bond acceptors (Lipinski definition) is 3. The highest BCUT2D eigenvalue weighted by molar-refractivity contribution is 5.83. The molecule has 0 spiro atoms. The molecule has 0 aliphatic carbocycles. The number of aliphatic carboxylic acids is 1. The van der Waals surface area contributed by atoms with Crippen LogP contribution < -0.4 is 5.32 Å². The van der Waals surface area contributed by atoms with Gasteiger partial charge in [-0.25, -0.2) is 0 Å². The molecule has 3 atom stereocenters. The van der Waals surface area contributed by atoms with Gasteiger partial charge in [-0.15, -0.1) is 0 Å². The van der Waals surface area contributed by atoms with E-state index in [9.17, 15) is 9.90 Å². The topological polar surface area (TPSA) is 69.6 Å². The molecule has 0 radical (unpaired) electrons. The van der Waals surface area contributed by atoms with Crippen LogP contribution in [0.2, 0.25) is 0 Å². The number of carbonyl (C=O) groups is 1. The van der Waals surface area contributed by atoms with E-state index in [1.54, 1.807) is 6.92 Å². The number of aliphatic hydroxyl groups is 1. The molecule has 0 saturated carbocycles. The predicted octanol–water partition coefficient (Wildman–Crippen LogP) is 2.71. The van der Waals surface area contributed by atoms with Crippen molar-refractivity contribution in [1.29, 1.82) is 0 Å². The number of carboxylic acid groups (broad SMARTS) is 1. The van der Waals surface area contributed by atoms with Crippen LogP contribution in [0.1, 0.15) is 31.9 Å². The zero-order valence-electron chi connectivity index (χ0n) is 12.3. The molecule has 112 valence electrons. The highest BCUT2D eigenvalue weighted by Crippen LogP contribution is 2.24. The fraction of sp³-hybridized carbons (Fsp3) is 0.353. The summed E-state index contributed by atoms with van der Waals surface area (Å²) in [5.41, 5.74) is 0.797. The van der Waals surface area contributed by atoms with E-state index in [2.05, 4.69) is 5.32 Å². The van der Waals surface area contributed by atoms with Gasteiger partial charge in [-0.05, 0) is 35.7 Å². The van der Waals surface area contributed by atoms with E-state index in [0.29, 0.717) is 6.42 Å². The van der Waals surface area contributed by atoms with E-state index in [-0.39, 0.29) is 6.04 Å². The van der Waals surface area contributed by atoms with E-state index in [0.717, 1.165) is 16.3 Å². The van der Waals surface area contributed by atoms with Gasteiger partial charge in [-0.2, -0.15) is 0 Å². The number of hydrogen-bond donors (Lipinski definition) is 3. The number of fused-ring (bicyclic) bond motifs is 1. The lowest BCUT2D eigenvalue weighted by atomic mass is 9.97. The Morgan fingerprint density at radius 3 is 2.48 bits per heavy atom. The lowest BCUT2D eigenvalue weighted by Gasteiger charge is -2.25. The second-order valence-corrected chi connectivity index (χ2v) is 5.29. The second kappa shape index (κ2) is 6.70. The Morgan fingerprint density at radius 1 is 1.19 bits per heavy atom. The van der Waals surface area contributed by atoms with Crippen LogP contribution in [-0.2, 0) is 4.79 Å². The Balaban J connectivity index is 2.22. The fourth-order valence-corrected chi connectivity index (χ4v) is 2.45. The van der Waals surface area contributed by atoms with Gasteiger partial charge in [-0.3, -0.25) is 10.1 Å². The zero-order valence-corrected chi connectivity index (χ0v) is 12.3. The third-order valence-corrected chi connectivity index (χ3v) is 3.77. The molecule has 2 aromatic rings. The van der Waals surface area contributed by atoms with Gasteiger partial charge in [0.25, 0.3) is 0 Å². The number of nitrogens with one attached hydrogen (secondary N) is 1. The van der Waals surface area contributed by atoms with Gasteiger partial charge >= 0.3 is 5.97 Å². The smallest absolute Gasteiger partial charge is 0.320 e. The Morgan fingerprint density at radius 2 is 1.86 bits per heavy atom. The standard InChI is InChI=1S/C17H21NO3/c1-3-15(18-11(2)17(20)21)16(19)14-9-8-12-6-4-5-7-13(12)10-14/h4-11,15-16,18-19H,3H2,1-2H3,(H,20,21). The molecule has 0 aliphatic rings. The molecule has 0 saturated heterocycles. The molecule has 0 bridgehead atoms. The van der Waals surface area contributed by atoms with Crippen molar-refractivity contribution in [3.05, 3.63) is 48.0 Å². The minimum atomic E-state index is -0.917. The fourth-order valence-electron chi connectivity index (χ4n) is 2.45. The Kier molecular flexibility index (Phi) is 4.94. The summed E-state index contributed by atoms with van der Waals surface area (Å²) < 4.78 is 0. The van der Waals surface area contributed by atoms with Crippen molar-refractivity contribution in [2.45, 2.75) is 38.5 Å². The molecule has 0 amide bonds. The van der Waals surface area contributed by atoms with Crippen molar-refractivity contribution in [1.82, 2.24) is 5.32 Å². The first kappa shape index (κ1) is 15.5. The van der Waals surface area contributed by atoms with Crippen LogP contribution in [-0.4, -0.2) is 28.3 Å². The first-order chi connectivity index (χ1) is 10.0. The predicted molar refractivity (Wildman–Crippen MR) is 83.2 cm³/mol. The lowest BCUT2D eigenvalue weighted by Crippen LogP contribution is -2.44. The van der Waals surface area contributed by atoms with Crippen LogP contribution in [0.15, 0.2) is 42.5 Å². The summed E-state index contributed by atoms with van der Waals surface area (Å²) in [6, 6.07) is 12.8. The van der Waals surface area contributed by atoms with Crippen molar-refractivity contribution in [3.8, 4) is 0 Å². The molecule has 0 aliphatic heterocycles. The van der Waals surface area contributed by atoms with Gasteiger partial charge in [0.1, 0.15) is 6.04 Å². The number of rotatable bonds is 6. The molecule has 3 N–H and O–H groups in total. The van der Waals surface area contributed by atoms with Gasteiger partial charge in [-0.1, -0.05) is 43.3 Å². The molecule has 3 unspecified atom stereocenters. The molecule has 2 rings (SSSR count). The van der Waals surface area contributed by atoms with E-state index in [4.69, 9.17) is 5.11 Å². The van der Waals surface area contributed by atoms with Gasteiger partial charge < -0.3 is 10.2 Å². The van der Waals surface area contributed by atoms with Crippen molar-refractivity contribution in [2.24, 2.45) is 0 Å². The lowest BCUT2D eigenvalue weighted by molar-refractivity contribution is -0.139. The maximum absolute atomic E-state index is 10.9. The third-order valence-electron chi connectivity index (χ3n) is 3.77. The van der Waals surface area contributed by atoms with Crippen molar-refractivity contribution < 1.29 is 15.0 Å². The van der Waals surface area contributed by atoms with E-state index in [1.807, 2.05) is 49.4 Å². The number of benzene rings is 2. The summed E-state index contributed by atoms with van der Waals surface area (Å²) in [5, 5.41) is 24.6. The van der Waals surface area contributed by atoms with Crippen LogP contribution in [0.25, 0.3) is 10.8 Å². The molecular formula is C17H21NO3. The van der Waals surface area contributed by atoms with Crippen molar-refractivity contribution >= 4 is 16.7 Å². The van der Waals surface area contributed by atoms with E-state index in [1.165, 1.54) is 0 Å².